The van der Waals surface area contributed by atoms with Crippen molar-refractivity contribution >= 4 is 28.4 Å². The van der Waals surface area contributed by atoms with Gasteiger partial charge in [0.1, 0.15) is 9.43 Å². The Morgan fingerprint density at radius 1 is 1.67 bits per heavy atom. The Labute approximate surface area is 104 Å². The second kappa shape index (κ2) is 5.16. The van der Waals surface area contributed by atoms with Crippen molar-refractivity contribution in [1.29, 1.82) is 0 Å². The number of nitrogens with two attached hydrogens (primary N) is 1. The van der Waals surface area contributed by atoms with Gasteiger partial charge < -0.3 is 10.5 Å². The Balaban J connectivity index is 2.54. The number of rotatable bonds is 5. The Morgan fingerprint density at radius 3 is 2.73 bits per heavy atom. The molecule has 1 aromatic heterocycles. The van der Waals surface area contributed by atoms with Gasteiger partial charge in [-0.3, -0.25) is 4.68 Å². The summed E-state index contributed by atoms with van der Waals surface area (Å²) in [7, 11) is 0. The molecule has 0 radical (unpaired) electrons. The van der Waals surface area contributed by atoms with Gasteiger partial charge in [-0.2, -0.15) is 5.10 Å². The first-order valence-electron chi connectivity index (χ1n) is 5.06. The number of ether oxygens (including phenoxy) is 1. The Hall–Kier alpha value is -0.300. The largest absolute Gasteiger partial charge is 0.382 e. The fraction of sp³-hybridized carbons (Fsp3) is 0.700. The van der Waals surface area contributed by atoms with E-state index in [4.69, 9.17) is 10.5 Å². The average molecular weight is 323 g/mol. The van der Waals surface area contributed by atoms with Crippen molar-refractivity contribution in [2.45, 2.75) is 43.4 Å². The zero-order valence-electron chi connectivity index (χ0n) is 9.40. The first-order chi connectivity index (χ1) is 6.90. The second-order valence-corrected chi connectivity index (χ2v) is 6.57. The number of hydrogen-bond donors (Lipinski definition) is 1. The highest BCUT2D eigenvalue weighted by Crippen LogP contribution is 2.22. The normalized spacial score (nSPS) is 14.1. The van der Waals surface area contributed by atoms with Crippen molar-refractivity contribution in [3.05, 3.63) is 12.3 Å². The summed E-state index contributed by atoms with van der Waals surface area (Å²) in [6.07, 6.45) is 3.02. The quantitative estimate of drug-likeness (QED) is 0.669. The van der Waals surface area contributed by atoms with Crippen LogP contribution in [0.25, 0.3) is 0 Å². The summed E-state index contributed by atoms with van der Waals surface area (Å²) in [6, 6.07) is 1.79. The van der Waals surface area contributed by atoms with Gasteiger partial charge in [0.15, 0.2) is 0 Å². The van der Waals surface area contributed by atoms with Crippen LogP contribution in [-0.4, -0.2) is 19.5 Å². The number of halogens is 1. The molecule has 0 unspecified atom stereocenters. The molecular formula is C10H18IN3O. The molecule has 2 N–H and O–H groups in total. The van der Waals surface area contributed by atoms with E-state index in [2.05, 4.69) is 34.6 Å². The third-order valence-corrected chi connectivity index (χ3v) is 2.21. The lowest BCUT2D eigenvalue weighted by Gasteiger charge is -2.25. The zero-order chi connectivity index (χ0) is 11.5. The van der Waals surface area contributed by atoms with E-state index < -0.39 is 0 Å². The molecule has 1 atom stereocenters. The van der Waals surface area contributed by atoms with Gasteiger partial charge in [0.25, 0.3) is 0 Å². The summed E-state index contributed by atoms with van der Waals surface area (Å²) in [6.45, 7) is 6.96. The highest BCUT2D eigenvalue weighted by atomic mass is 127. The number of alkyl halides is 1. The second-order valence-electron chi connectivity index (χ2n) is 3.97. The van der Waals surface area contributed by atoms with E-state index in [0.717, 1.165) is 13.0 Å². The average Bonchev–Trinajstić information content (AvgIpc) is 2.47. The SMILES string of the molecule is CC[C@@H](Cn1ccc(N)n1)OC(C)(C)I. The minimum absolute atomic E-state index is 0.142. The third-order valence-electron chi connectivity index (χ3n) is 1.95. The van der Waals surface area contributed by atoms with Crippen LogP contribution >= 0.6 is 22.6 Å². The highest BCUT2D eigenvalue weighted by Gasteiger charge is 2.19. The van der Waals surface area contributed by atoms with Crippen molar-refractivity contribution < 1.29 is 4.74 Å². The lowest BCUT2D eigenvalue weighted by Crippen LogP contribution is -2.28. The molecule has 0 saturated heterocycles. The van der Waals surface area contributed by atoms with Gasteiger partial charge in [0.05, 0.1) is 12.6 Å². The van der Waals surface area contributed by atoms with Gasteiger partial charge in [0.2, 0.25) is 0 Å². The smallest absolute Gasteiger partial charge is 0.145 e. The Kier molecular flexibility index (Phi) is 4.39. The standard InChI is InChI=1S/C10H18IN3O/c1-4-8(15-10(2,3)11)7-14-6-5-9(12)13-14/h5-6,8H,4,7H2,1-3H3,(H2,12,13)/t8-/m0/s1. The van der Waals surface area contributed by atoms with Gasteiger partial charge in [-0.25, -0.2) is 0 Å². The molecule has 0 bridgehead atoms. The molecule has 1 rings (SSSR count). The van der Waals surface area contributed by atoms with Crippen LogP contribution in [0.2, 0.25) is 0 Å². The topological polar surface area (TPSA) is 53.1 Å². The van der Waals surface area contributed by atoms with E-state index in [1.54, 1.807) is 6.07 Å². The molecule has 15 heavy (non-hydrogen) atoms. The minimum atomic E-state index is -0.142. The van der Waals surface area contributed by atoms with Crippen LogP contribution in [0.15, 0.2) is 12.3 Å². The predicted molar refractivity (Wildman–Crippen MR) is 69.9 cm³/mol. The number of nitrogen functional groups attached to an aromatic ring is 1. The van der Waals surface area contributed by atoms with E-state index in [0.29, 0.717) is 5.82 Å². The summed E-state index contributed by atoms with van der Waals surface area (Å²) >= 11 is 2.29. The number of hydrogen-bond acceptors (Lipinski definition) is 3. The van der Waals surface area contributed by atoms with Crippen LogP contribution in [0.5, 0.6) is 0 Å². The van der Waals surface area contributed by atoms with Crippen LogP contribution in [-0.2, 0) is 11.3 Å². The lowest BCUT2D eigenvalue weighted by atomic mass is 10.2. The molecule has 0 aliphatic rings. The molecule has 5 heteroatoms. The molecule has 0 aromatic carbocycles. The van der Waals surface area contributed by atoms with Gasteiger partial charge in [-0.15, -0.1) is 0 Å². The van der Waals surface area contributed by atoms with Crippen LogP contribution in [0.1, 0.15) is 27.2 Å². The maximum Gasteiger partial charge on any atom is 0.145 e. The molecule has 4 nitrogen and oxygen atoms in total. The molecule has 0 fully saturated rings. The predicted octanol–water partition coefficient (Wildman–Crippen LogP) is 2.43. The monoisotopic (exact) mass is 323 g/mol. The van der Waals surface area contributed by atoms with Gasteiger partial charge in [-0.1, -0.05) is 6.92 Å². The van der Waals surface area contributed by atoms with E-state index >= 15 is 0 Å². The van der Waals surface area contributed by atoms with E-state index in [9.17, 15) is 0 Å². The van der Waals surface area contributed by atoms with Crippen molar-refractivity contribution in [2.24, 2.45) is 0 Å². The molecule has 0 aliphatic heterocycles. The molecule has 0 aliphatic carbocycles. The zero-order valence-corrected chi connectivity index (χ0v) is 11.6. The first-order valence-corrected chi connectivity index (χ1v) is 6.14. The lowest BCUT2D eigenvalue weighted by molar-refractivity contribution is -0.0154. The van der Waals surface area contributed by atoms with Gasteiger partial charge >= 0.3 is 0 Å². The Morgan fingerprint density at radius 2 is 2.33 bits per heavy atom. The highest BCUT2D eigenvalue weighted by molar-refractivity contribution is 14.1. The Bertz CT molecular complexity index is 306. The minimum Gasteiger partial charge on any atom is -0.382 e. The van der Waals surface area contributed by atoms with Crippen molar-refractivity contribution in [3.63, 3.8) is 0 Å². The fourth-order valence-corrected chi connectivity index (χ4v) is 1.69. The third kappa shape index (κ3) is 4.83. The first kappa shape index (κ1) is 12.8. The molecule has 86 valence electrons. The van der Waals surface area contributed by atoms with E-state index in [1.165, 1.54) is 0 Å². The van der Waals surface area contributed by atoms with Crippen LogP contribution in [0.4, 0.5) is 5.82 Å². The fourth-order valence-electron chi connectivity index (χ4n) is 1.33. The van der Waals surface area contributed by atoms with Crippen LogP contribution in [0, 0.1) is 0 Å². The van der Waals surface area contributed by atoms with Crippen molar-refractivity contribution in [3.8, 4) is 0 Å². The molecule has 0 saturated carbocycles. The number of anilines is 1. The van der Waals surface area contributed by atoms with Crippen LogP contribution in [0.3, 0.4) is 0 Å². The van der Waals surface area contributed by atoms with E-state index in [-0.39, 0.29) is 9.71 Å². The van der Waals surface area contributed by atoms with Gasteiger partial charge in [-0.05, 0) is 48.9 Å². The van der Waals surface area contributed by atoms with Gasteiger partial charge in [0, 0.05) is 6.20 Å². The van der Waals surface area contributed by atoms with Crippen molar-refractivity contribution in [1.82, 2.24) is 9.78 Å². The van der Waals surface area contributed by atoms with Crippen molar-refractivity contribution in [2.75, 3.05) is 5.73 Å². The summed E-state index contributed by atoms with van der Waals surface area (Å²) < 4.78 is 7.57. The number of nitrogens with zero attached hydrogens (tertiary/aromatic N) is 2. The number of aromatic nitrogens is 2. The van der Waals surface area contributed by atoms with E-state index in [1.807, 2.05) is 24.7 Å². The maximum atomic E-state index is 5.89. The molecule has 1 heterocycles. The molecular weight excluding hydrogens is 305 g/mol. The molecule has 0 spiro atoms. The molecule has 1 aromatic rings. The van der Waals surface area contributed by atoms with Crippen LogP contribution < -0.4 is 5.73 Å². The molecule has 0 amide bonds. The summed E-state index contributed by atoms with van der Waals surface area (Å²) in [5.41, 5.74) is 5.55. The maximum absolute atomic E-state index is 5.89. The summed E-state index contributed by atoms with van der Waals surface area (Å²) in [4.78, 5) is 0. The summed E-state index contributed by atoms with van der Waals surface area (Å²) in [5, 5.41) is 4.14. The summed E-state index contributed by atoms with van der Waals surface area (Å²) in [5.74, 6) is 0.554.